The molecule has 0 bridgehead atoms. The van der Waals surface area contributed by atoms with Crippen LogP contribution in [0, 0.1) is 0 Å². The Morgan fingerprint density at radius 3 is 2.29 bits per heavy atom. The Morgan fingerprint density at radius 2 is 1.90 bits per heavy atom. The number of rotatable bonds is 2. The van der Waals surface area contributed by atoms with Crippen LogP contribution in [0.15, 0.2) is 30.3 Å². The molecule has 0 aliphatic carbocycles. The lowest BCUT2D eigenvalue weighted by Crippen LogP contribution is -2.38. The van der Waals surface area contributed by atoms with Gasteiger partial charge in [0.2, 0.25) is 0 Å². The number of halogens is 3. The van der Waals surface area contributed by atoms with Crippen LogP contribution in [0.1, 0.15) is 18.9 Å². The van der Waals surface area contributed by atoms with Crippen LogP contribution in [0.2, 0.25) is 0 Å². The van der Waals surface area contributed by atoms with Gasteiger partial charge < -0.3 is 10.8 Å². The fourth-order valence-corrected chi connectivity index (χ4v) is 2.06. The van der Waals surface area contributed by atoms with Crippen molar-refractivity contribution in [3.63, 3.8) is 0 Å². The third-order valence-corrected chi connectivity index (χ3v) is 3.08. The highest BCUT2D eigenvalue weighted by atomic mass is 19.4. The summed E-state index contributed by atoms with van der Waals surface area (Å²) < 4.78 is 31.7. The second-order valence-electron chi connectivity index (χ2n) is 5.40. The number of nitrogens with zero attached hydrogens (tertiary/aromatic N) is 1. The summed E-state index contributed by atoms with van der Waals surface area (Å²) in [5.41, 5.74) is 7.48. The van der Waals surface area contributed by atoms with E-state index in [0.717, 1.165) is 26.1 Å². The standard InChI is InChI=1S/C12H18N2.C2HF3O2/c1-12(13)7-8-14(10-12)9-11-5-3-2-4-6-11;3-2(4,5)1(6)7/h2-6H,7-10,13H2,1H3;(H,6,7). The molecular weight excluding hydrogens is 285 g/mol. The number of carbonyl (C=O) groups is 1. The second kappa shape index (κ2) is 6.91. The summed E-state index contributed by atoms with van der Waals surface area (Å²) in [6, 6.07) is 10.6. The molecule has 3 N–H and O–H groups in total. The maximum atomic E-state index is 10.6. The highest BCUT2D eigenvalue weighted by Gasteiger charge is 2.38. The SMILES string of the molecule is CC1(N)CCN(Cc2ccccc2)C1.O=C(O)C(F)(F)F. The zero-order chi connectivity index (χ0) is 16.1. The molecule has 1 fully saturated rings. The van der Waals surface area contributed by atoms with E-state index >= 15 is 0 Å². The van der Waals surface area contributed by atoms with E-state index in [1.165, 1.54) is 5.56 Å². The fourth-order valence-electron chi connectivity index (χ4n) is 2.06. The number of carboxylic acids is 1. The summed E-state index contributed by atoms with van der Waals surface area (Å²) in [6.45, 7) is 5.31. The van der Waals surface area contributed by atoms with Crippen molar-refractivity contribution in [1.29, 1.82) is 0 Å². The van der Waals surface area contributed by atoms with Crippen molar-refractivity contribution in [1.82, 2.24) is 4.90 Å². The zero-order valence-electron chi connectivity index (χ0n) is 11.7. The molecule has 1 heterocycles. The van der Waals surface area contributed by atoms with Crippen molar-refractivity contribution in [2.24, 2.45) is 5.73 Å². The lowest BCUT2D eigenvalue weighted by atomic mass is 10.0. The highest BCUT2D eigenvalue weighted by molar-refractivity contribution is 5.73. The summed E-state index contributed by atoms with van der Waals surface area (Å²) in [6.07, 6.45) is -3.97. The Balaban J connectivity index is 0.000000270. The fraction of sp³-hybridized carbons (Fsp3) is 0.500. The van der Waals surface area contributed by atoms with Crippen LogP contribution in [0.5, 0.6) is 0 Å². The molecule has 1 aliphatic heterocycles. The number of likely N-dealkylation sites (tertiary alicyclic amines) is 1. The lowest BCUT2D eigenvalue weighted by Gasteiger charge is -2.19. The van der Waals surface area contributed by atoms with Crippen LogP contribution < -0.4 is 5.73 Å². The first-order chi connectivity index (χ1) is 9.60. The van der Waals surface area contributed by atoms with Gasteiger partial charge in [0.05, 0.1) is 0 Å². The van der Waals surface area contributed by atoms with Crippen molar-refractivity contribution >= 4 is 5.97 Å². The maximum absolute atomic E-state index is 10.6. The zero-order valence-corrected chi connectivity index (χ0v) is 11.7. The molecule has 0 saturated carbocycles. The van der Waals surface area contributed by atoms with Crippen molar-refractivity contribution in [2.45, 2.75) is 31.6 Å². The van der Waals surface area contributed by atoms with Gasteiger partial charge in [0.15, 0.2) is 0 Å². The number of benzene rings is 1. The summed E-state index contributed by atoms with van der Waals surface area (Å²) in [5, 5.41) is 7.12. The smallest absolute Gasteiger partial charge is 0.475 e. The van der Waals surface area contributed by atoms with E-state index < -0.39 is 12.1 Å². The molecule has 1 aromatic carbocycles. The van der Waals surface area contributed by atoms with E-state index in [2.05, 4.69) is 42.2 Å². The number of aliphatic carboxylic acids is 1. The first kappa shape index (κ1) is 17.5. The Morgan fingerprint density at radius 1 is 1.38 bits per heavy atom. The molecule has 21 heavy (non-hydrogen) atoms. The number of hydrogen-bond acceptors (Lipinski definition) is 3. The molecule has 1 atom stereocenters. The molecule has 1 saturated heterocycles. The molecule has 2 rings (SSSR count). The van der Waals surface area contributed by atoms with Gasteiger partial charge in [-0.2, -0.15) is 13.2 Å². The Labute approximate surface area is 121 Å². The van der Waals surface area contributed by atoms with Gasteiger partial charge in [0.25, 0.3) is 0 Å². The van der Waals surface area contributed by atoms with Gasteiger partial charge in [0, 0.05) is 25.2 Å². The average molecular weight is 304 g/mol. The van der Waals surface area contributed by atoms with Crippen LogP contribution in [0.3, 0.4) is 0 Å². The van der Waals surface area contributed by atoms with Crippen molar-refractivity contribution < 1.29 is 23.1 Å². The third-order valence-electron chi connectivity index (χ3n) is 3.08. The number of nitrogens with two attached hydrogens (primary N) is 1. The molecule has 7 heteroatoms. The second-order valence-corrected chi connectivity index (χ2v) is 5.40. The number of alkyl halides is 3. The van der Waals surface area contributed by atoms with Crippen LogP contribution in [0.25, 0.3) is 0 Å². The van der Waals surface area contributed by atoms with E-state index in [0.29, 0.717) is 0 Å². The van der Waals surface area contributed by atoms with E-state index in [9.17, 15) is 13.2 Å². The van der Waals surface area contributed by atoms with E-state index in [1.807, 2.05) is 0 Å². The Kier molecular flexibility index (Phi) is 5.74. The third kappa shape index (κ3) is 6.59. The van der Waals surface area contributed by atoms with Gasteiger partial charge in [-0.05, 0) is 18.9 Å². The lowest BCUT2D eigenvalue weighted by molar-refractivity contribution is -0.192. The Bertz CT molecular complexity index is 461. The predicted molar refractivity (Wildman–Crippen MR) is 72.6 cm³/mol. The van der Waals surface area contributed by atoms with E-state index in [4.69, 9.17) is 15.6 Å². The molecule has 0 amide bonds. The van der Waals surface area contributed by atoms with E-state index in [-0.39, 0.29) is 5.54 Å². The summed E-state index contributed by atoms with van der Waals surface area (Å²) in [4.78, 5) is 11.3. The number of hydrogen-bond donors (Lipinski definition) is 2. The average Bonchev–Trinajstić information content (AvgIpc) is 2.69. The first-order valence-corrected chi connectivity index (χ1v) is 6.45. The molecule has 0 aromatic heterocycles. The minimum atomic E-state index is -5.08. The quantitative estimate of drug-likeness (QED) is 0.879. The Hall–Kier alpha value is -1.60. The van der Waals surface area contributed by atoms with Gasteiger partial charge in [0.1, 0.15) is 0 Å². The van der Waals surface area contributed by atoms with Crippen LogP contribution in [-0.4, -0.2) is 40.8 Å². The monoisotopic (exact) mass is 304 g/mol. The minimum absolute atomic E-state index is 0.0226. The minimum Gasteiger partial charge on any atom is -0.475 e. The van der Waals surface area contributed by atoms with Gasteiger partial charge in [-0.1, -0.05) is 30.3 Å². The highest BCUT2D eigenvalue weighted by Crippen LogP contribution is 2.19. The van der Waals surface area contributed by atoms with Crippen molar-refractivity contribution in [3.05, 3.63) is 35.9 Å². The molecular formula is C14H19F3N2O2. The summed E-state index contributed by atoms with van der Waals surface area (Å²) in [5.74, 6) is -2.76. The number of carboxylic acid groups (broad SMARTS) is 1. The van der Waals surface area contributed by atoms with Gasteiger partial charge in [-0.15, -0.1) is 0 Å². The molecule has 0 radical (unpaired) electrons. The van der Waals surface area contributed by atoms with Crippen LogP contribution >= 0.6 is 0 Å². The molecule has 1 aliphatic rings. The van der Waals surface area contributed by atoms with Gasteiger partial charge in [-0.25, -0.2) is 4.79 Å². The van der Waals surface area contributed by atoms with Gasteiger partial charge >= 0.3 is 12.1 Å². The molecule has 4 nitrogen and oxygen atoms in total. The topological polar surface area (TPSA) is 66.6 Å². The van der Waals surface area contributed by atoms with Crippen molar-refractivity contribution in [3.8, 4) is 0 Å². The molecule has 118 valence electrons. The normalized spacial score (nSPS) is 22.5. The first-order valence-electron chi connectivity index (χ1n) is 6.45. The van der Waals surface area contributed by atoms with E-state index in [1.54, 1.807) is 0 Å². The summed E-state index contributed by atoms with van der Waals surface area (Å²) in [7, 11) is 0. The molecule has 0 spiro atoms. The van der Waals surface area contributed by atoms with Crippen molar-refractivity contribution in [2.75, 3.05) is 13.1 Å². The van der Waals surface area contributed by atoms with Crippen LogP contribution in [-0.2, 0) is 11.3 Å². The van der Waals surface area contributed by atoms with Gasteiger partial charge in [-0.3, -0.25) is 4.90 Å². The van der Waals surface area contributed by atoms with Crippen LogP contribution in [0.4, 0.5) is 13.2 Å². The maximum Gasteiger partial charge on any atom is 0.490 e. The molecule has 1 unspecified atom stereocenters. The predicted octanol–water partition coefficient (Wildman–Crippen LogP) is 2.24. The molecule has 1 aromatic rings. The summed E-state index contributed by atoms with van der Waals surface area (Å²) >= 11 is 0. The largest absolute Gasteiger partial charge is 0.490 e.